The van der Waals surface area contributed by atoms with E-state index >= 15 is 0 Å². The molecule has 0 spiro atoms. The number of carbonyl (C=O) groups is 3. The van der Waals surface area contributed by atoms with Gasteiger partial charge in [-0.3, -0.25) is 24.7 Å². The third-order valence-electron chi connectivity index (χ3n) is 6.07. The molecule has 0 atom stereocenters. The summed E-state index contributed by atoms with van der Waals surface area (Å²) in [7, 11) is 1.56. The maximum absolute atomic E-state index is 11.7. The van der Waals surface area contributed by atoms with E-state index in [0.29, 0.717) is 24.4 Å². The number of benzene rings is 2. The third-order valence-corrected chi connectivity index (χ3v) is 6.07. The van der Waals surface area contributed by atoms with Crippen LogP contribution in [0.5, 0.6) is 5.75 Å². The number of amides is 4. The Balaban J connectivity index is 0.000000191. The first kappa shape index (κ1) is 25.2. The van der Waals surface area contributed by atoms with Crippen LogP contribution >= 0.6 is 0 Å². The highest BCUT2D eigenvalue weighted by atomic mass is 16.5. The molecule has 0 saturated carbocycles. The Morgan fingerprint density at radius 2 is 1.65 bits per heavy atom. The summed E-state index contributed by atoms with van der Waals surface area (Å²) >= 11 is 0. The molecule has 182 valence electrons. The smallest absolute Gasteiger partial charge is 0.328 e. The average molecular weight is 467 g/mol. The van der Waals surface area contributed by atoms with Gasteiger partial charge in [0.25, 0.3) is 0 Å². The van der Waals surface area contributed by atoms with Crippen LogP contribution in [-0.2, 0) is 22.6 Å². The zero-order valence-corrected chi connectivity index (χ0v) is 20.3. The fraction of sp³-hybridized carbons (Fsp3) is 0.423. The number of rotatable bonds is 6. The number of methoxy groups -OCH3 is 1. The number of ether oxygens (including phenoxy) is 1. The second-order valence-electron chi connectivity index (χ2n) is 8.52. The predicted molar refractivity (Wildman–Crippen MR) is 132 cm³/mol. The van der Waals surface area contributed by atoms with Gasteiger partial charge in [0.15, 0.2) is 0 Å². The molecule has 1 N–H and O–H groups in total. The van der Waals surface area contributed by atoms with Crippen LogP contribution in [0.25, 0.3) is 0 Å². The molecular formula is C26H34N4O4. The molecule has 8 heteroatoms. The van der Waals surface area contributed by atoms with Crippen LogP contribution in [0.3, 0.4) is 0 Å². The Kier molecular flexibility index (Phi) is 9.04. The molecule has 34 heavy (non-hydrogen) atoms. The number of imide groups is 1. The number of anilines is 1. The predicted octanol–water partition coefficient (Wildman–Crippen LogP) is 2.97. The van der Waals surface area contributed by atoms with Crippen LogP contribution in [0, 0.1) is 6.92 Å². The van der Waals surface area contributed by atoms with E-state index in [1.807, 2.05) is 30.0 Å². The highest BCUT2D eigenvalue weighted by molar-refractivity contribution is 6.06. The van der Waals surface area contributed by atoms with E-state index in [9.17, 15) is 14.4 Å². The average Bonchev–Trinajstić information content (AvgIpc) is 2.85. The van der Waals surface area contributed by atoms with Crippen molar-refractivity contribution in [1.82, 2.24) is 15.1 Å². The molecule has 0 aliphatic carbocycles. The van der Waals surface area contributed by atoms with Gasteiger partial charge in [0, 0.05) is 45.7 Å². The highest BCUT2D eigenvalue weighted by Crippen LogP contribution is 2.30. The number of aryl methyl sites for hydroxylation is 2. The lowest BCUT2D eigenvalue weighted by Crippen LogP contribution is -2.49. The first-order chi connectivity index (χ1) is 16.4. The summed E-state index contributed by atoms with van der Waals surface area (Å²) in [6.45, 7) is 9.17. The Morgan fingerprint density at radius 3 is 2.24 bits per heavy atom. The number of carbonyl (C=O) groups excluding carboxylic acids is 3. The molecule has 4 amide bonds. The molecule has 0 bridgehead atoms. The van der Waals surface area contributed by atoms with Crippen molar-refractivity contribution in [2.75, 3.05) is 44.7 Å². The minimum Gasteiger partial charge on any atom is -0.495 e. The van der Waals surface area contributed by atoms with Crippen LogP contribution in [0.15, 0.2) is 42.5 Å². The monoisotopic (exact) mass is 466 g/mol. The SMILES string of the molecule is CCc1ccc(CN2CCN(C=O)CC2)cc1.COc1ccc(C)cc1N1CCC(=O)NC1=O. The first-order valence-electron chi connectivity index (χ1n) is 11.7. The van der Waals surface area contributed by atoms with Gasteiger partial charge in [-0.15, -0.1) is 0 Å². The summed E-state index contributed by atoms with van der Waals surface area (Å²) in [6, 6.07) is 14.0. The molecule has 2 aliphatic heterocycles. The van der Waals surface area contributed by atoms with Crippen molar-refractivity contribution in [3.8, 4) is 5.75 Å². The van der Waals surface area contributed by atoms with E-state index in [0.717, 1.165) is 51.1 Å². The van der Waals surface area contributed by atoms with Crippen molar-refractivity contribution in [3.63, 3.8) is 0 Å². The maximum atomic E-state index is 11.7. The van der Waals surface area contributed by atoms with E-state index in [1.54, 1.807) is 7.11 Å². The molecule has 2 aliphatic rings. The fourth-order valence-electron chi connectivity index (χ4n) is 3.97. The lowest BCUT2D eigenvalue weighted by atomic mass is 10.1. The summed E-state index contributed by atoms with van der Waals surface area (Å²) in [4.78, 5) is 39.2. The van der Waals surface area contributed by atoms with Crippen molar-refractivity contribution >= 4 is 24.0 Å². The highest BCUT2D eigenvalue weighted by Gasteiger charge is 2.26. The third kappa shape index (κ3) is 6.81. The fourth-order valence-corrected chi connectivity index (χ4v) is 3.97. The normalized spacial score (nSPS) is 16.4. The Labute approximate surface area is 201 Å². The molecule has 2 aromatic rings. The molecular weight excluding hydrogens is 432 g/mol. The first-order valence-corrected chi connectivity index (χ1v) is 11.7. The molecule has 4 rings (SSSR count). The lowest BCUT2D eigenvalue weighted by Gasteiger charge is -2.32. The van der Waals surface area contributed by atoms with Crippen LogP contribution in [0.4, 0.5) is 10.5 Å². The minimum absolute atomic E-state index is 0.238. The van der Waals surface area contributed by atoms with Crippen LogP contribution < -0.4 is 15.0 Å². The number of hydrogen-bond donors (Lipinski definition) is 1. The van der Waals surface area contributed by atoms with Gasteiger partial charge in [-0.2, -0.15) is 0 Å². The van der Waals surface area contributed by atoms with E-state index in [1.165, 1.54) is 16.0 Å². The number of hydrogen-bond acceptors (Lipinski definition) is 5. The summed E-state index contributed by atoms with van der Waals surface area (Å²) in [5.41, 5.74) is 4.48. The van der Waals surface area contributed by atoms with Gasteiger partial charge < -0.3 is 9.64 Å². The topological polar surface area (TPSA) is 82.2 Å². The van der Waals surface area contributed by atoms with Gasteiger partial charge in [0.1, 0.15) is 5.75 Å². The Hall–Kier alpha value is -3.39. The van der Waals surface area contributed by atoms with Gasteiger partial charge in [-0.1, -0.05) is 37.3 Å². The molecule has 0 aromatic heterocycles. The van der Waals surface area contributed by atoms with Crippen LogP contribution in [0.1, 0.15) is 30.0 Å². The van der Waals surface area contributed by atoms with Gasteiger partial charge >= 0.3 is 6.03 Å². The number of urea groups is 1. The zero-order chi connectivity index (χ0) is 24.5. The molecule has 0 unspecified atom stereocenters. The zero-order valence-electron chi connectivity index (χ0n) is 20.3. The maximum Gasteiger partial charge on any atom is 0.328 e. The van der Waals surface area contributed by atoms with Crippen molar-refractivity contribution < 1.29 is 19.1 Å². The second kappa shape index (κ2) is 12.2. The number of piperazine rings is 1. The number of nitrogens with zero attached hydrogens (tertiary/aromatic N) is 3. The van der Waals surface area contributed by atoms with Crippen molar-refractivity contribution in [1.29, 1.82) is 0 Å². The molecule has 2 saturated heterocycles. The van der Waals surface area contributed by atoms with Crippen molar-refractivity contribution in [3.05, 3.63) is 59.2 Å². The molecule has 2 aromatic carbocycles. The lowest BCUT2D eigenvalue weighted by molar-refractivity contribution is -0.120. The Bertz CT molecular complexity index is 985. The van der Waals surface area contributed by atoms with Gasteiger partial charge in [0.05, 0.1) is 12.8 Å². The summed E-state index contributed by atoms with van der Waals surface area (Å²) in [5, 5.41) is 2.29. The molecule has 8 nitrogen and oxygen atoms in total. The van der Waals surface area contributed by atoms with Gasteiger partial charge in [-0.05, 0) is 42.2 Å². The van der Waals surface area contributed by atoms with E-state index in [2.05, 4.69) is 41.4 Å². The summed E-state index contributed by atoms with van der Waals surface area (Å²) in [6.07, 6.45) is 2.36. The molecule has 0 radical (unpaired) electrons. The van der Waals surface area contributed by atoms with Gasteiger partial charge in [-0.25, -0.2) is 4.79 Å². The molecule has 2 fully saturated rings. The van der Waals surface area contributed by atoms with Crippen molar-refractivity contribution in [2.24, 2.45) is 0 Å². The summed E-state index contributed by atoms with van der Waals surface area (Å²) < 4.78 is 5.22. The van der Waals surface area contributed by atoms with Crippen LogP contribution in [0.2, 0.25) is 0 Å². The van der Waals surface area contributed by atoms with E-state index < -0.39 is 6.03 Å². The largest absolute Gasteiger partial charge is 0.495 e. The standard InChI is InChI=1S/C14H20N2O.C12H14N2O3/c1-2-13-3-5-14(6-4-13)11-15-7-9-16(12-17)10-8-15;1-8-3-4-10(17-2)9(7-8)14-6-5-11(15)13-12(14)16/h3-6,12H,2,7-11H2,1H3;3-4,7H,5-6H2,1-2H3,(H,13,15,16). The molecule has 2 heterocycles. The quantitative estimate of drug-likeness (QED) is 0.662. The van der Waals surface area contributed by atoms with E-state index in [4.69, 9.17) is 4.74 Å². The Morgan fingerprint density at radius 1 is 0.971 bits per heavy atom. The number of nitrogens with one attached hydrogen (secondary N) is 1. The van der Waals surface area contributed by atoms with Gasteiger partial charge in [0.2, 0.25) is 12.3 Å². The van der Waals surface area contributed by atoms with Crippen molar-refractivity contribution in [2.45, 2.75) is 33.2 Å². The van der Waals surface area contributed by atoms with E-state index in [-0.39, 0.29) is 5.91 Å². The second-order valence-corrected chi connectivity index (χ2v) is 8.52. The van der Waals surface area contributed by atoms with Crippen LogP contribution in [-0.4, -0.2) is 68.0 Å². The minimum atomic E-state index is -0.398. The summed E-state index contributed by atoms with van der Waals surface area (Å²) in [5.74, 6) is 0.387.